The van der Waals surface area contributed by atoms with Crippen LogP contribution < -0.4 is 0 Å². The van der Waals surface area contributed by atoms with Crippen LogP contribution in [0.3, 0.4) is 0 Å². The second-order valence-corrected chi connectivity index (χ2v) is 8.78. The highest BCUT2D eigenvalue weighted by atomic mass is 32.0. The Morgan fingerprint density at radius 1 is 0.421 bits per heavy atom. The first-order valence-electron chi connectivity index (χ1n) is 8.75. The fraction of sp³-hybridized carbons (Fsp3) is 1.00. The van der Waals surface area contributed by atoms with E-state index >= 15 is 0 Å². The van der Waals surface area contributed by atoms with Gasteiger partial charge in [0, 0.05) is 0 Å². The summed E-state index contributed by atoms with van der Waals surface area (Å²) >= 11 is 0. The first kappa shape index (κ1) is 19.9. The molecule has 0 bridgehead atoms. The van der Waals surface area contributed by atoms with E-state index in [1.807, 2.05) is 0 Å². The van der Waals surface area contributed by atoms with Gasteiger partial charge in [0.15, 0.2) is 0 Å². The molecule has 0 aromatic heterocycles. The van der Waals surface area contributed by atoms with Gasteiger partial charge >= 0.3 is 0 Å². The smallest absolute Gasteiger partial charge is 0.0242 e. The highest BCUT2D eigenvalue weighted by Gasteiger charge is 1.94. The van der Waals surface area contributed by atoms with Crippen molar-refractivity contribution in [2.75, 3.05) is 12.3 Å². The molecule has 2 radical (unpaired) electrons. The summed E-state index contributed by atoms with van der Waals surface area (Å²) in [7, 11) is 3.39. The van der Waals surface area contributed by atoms with Crippen LogP contribution >= 0.6 is 16.5 Å². The highest BCUT2D eigenvalue weighted by molar-refractivity contribution is 8.11. The summed E-state index contributed by atoms with van der Waals surface area (Å²) in [6, 6.07) is 0. The van der Waals surface area contributed by atoms with E-state index < -0.39 is 0 Å². The summed E-state index contributed by atoms with van der Waals surface area (Å²) in [5.41, 5.74) is 0. The van der Waals surface area contributed by atoms with Crippen LogP contribution in [-0.4, -0.2) is 12.3 Å². The maximum absolute atomic E-state index is 2.29. The molecule has 0 aromatic carbocycles. The molecule has 0 aromatic rings. The Balaban J connectivity index is 2.88. The fourth-order valence-electron chi connectivity index (χ4n) is 2.24. The molecule has 0 aliphatic carbocycles. The van der Waals surface area contributed by atoms with Gasteiger partial charge in [-0.05, 0) is 41.7 Å². The maximum atomic E-state index is 2.29. The highest BCUT2D eigenvalue weighted by Crippen LogP contribution is 2.38. The minimum absolute atomic E-state index is 1.37. The van der Waals surface area contributed by atoms with Gasteiger partial charge in [0.2, 0.25) is 0 Å². The van der Waals surface area contributed by atoms with Gasteiger partial charge in [-0.25, -0.2) is 0 Å². The second-order valence-electron chi connectivity index (χ2n) is 5.62. The van der Waals surface area contributed by atoms with Gasteiger partial charge in [-0.3, -0.25) is 0 Å². The van der Waals surface area contributed by atoms with Crippen molar-refractivity contribution >= 4 is 16.5 Å². The van der Waals surface area contributed by atoms with E-state index in [9.17, 15) is 0 Å². The third-order valence-electron chi connectivity index (χ3n) is 3.57. The van der Waals surface area contributed by atoms with Crippen molar-refractivity contribution in [3.8, 4) is 0 Å². The number of hydrogen-bond donors (Lipinski definition) is 0. The minimum atomic E-state index is 1.37. The molecule has 0 heterocycles. The molecule has 0 unspecified atom stereocenters. The van der Waals surface area contributed by atoms with Crippen molar-refractivity contribution in [1.29, 1.82) is 0 Å². The van der Waals surface area contributed by atoms with Gasteiger partial charge in [0.05, 0.1) is 0 Å². The van der Waals surface area contributed by atoms with Gasteiger partial charge in [-0.1, -0.05) is 84.5 Å². The minimum Gasteiger partial charge on any atom is -0.0654 e. The molecule has 0 fully saturated rings. The Hall–Kier alpha value is 0.860. The standard InChI is InChI=1S/C17H36P2/c1-3-5-7-9-11-13-15-17-19-18-16-14-12-10-8-6-4-2/h3-17H2,1-2H3. The van der Waals surface area contributed by atoms with Crippen LogP contribution in [0.1, 0.15) is 97.3 Å². The quantitative estimate of drug-likeness (QED) is 0.201. The van der Waals surface area contributed by atoms with Crippen LogP contribution in [0.25, 0.3) is 0 Å². The molecule has 0 saturated heterocycles. The van der Waals surface area contributed by atoms with Crippen LogP contribution in [-0.2, 0) is 0 Å². The lowest BCUT2D eigenvalue weighted by Gasteiger charge is -2.02. The lowest BCUT2D eigenvalue weighted by atomic mass is 10.1. The molecule has 2 heteroatoms. The van der Waals surface area contributed by atoms with E-state index in [2.05, 4.69) is 13.8 Å². The van der Waals surface area contributed by atoms with Crippen molar-refractivity contribution < 1.29 is 0 Å². The third-order valence-corrected chi connectivity index (χ3v) is 6.61. The Bertz CT molecular complexity index is 132. The molecular formula is C17H36P2. The summed E-state index contributed by atoms with van der Waals surface area (Å²) in [5, 5.41) is 0. The Labute approximate surface area is 126 Å². The molecule has 0 saturated carbocycles. The molecule has 0 spiro atoms. The van der Waals surface area contributed by atoms with Gasteiger partial charge in [0.25, 0.3) is 0 Å². The summed E-state index contributed by atoms with van der Waals surface area (Å²) in [4.78, 5) is 0. The summed E-state index contributed by atoms with van der Waals surface area (Å²) < 4.78 is 0. The largest absolute Gasteiger partial charge is 0.0654 e. The SMILES string of the molecule is CCCCCCCCC[P][P]CCCCCCCC. The van der Waals surface area contributed by atoms with Gasteiger partial charge in [-0.2, -0.15) is 0 Å². The van der Waals surface area contributed by atoms with E-state index in [-0.39, 0.29) is 0 Å². The van der Waals surface area contributed by atoms with Crippen LogP contribution in [0.4, 0.5) is 0 Å². The Morgan fingerprint density at radius 2 is 0.737 bits per heavy atom. The average Bonchev–Trinajstić information content (AvgIpc) is 2.43. The first-order chi connectivity index (χ1) is 9.41. The number of rotatable bonds is 16. The zero-order valence-corrected chi connectivity index (χ0v) is 15.3. The van der Waals surface area contributed by atoms with E-state index in [0.29, 0.717) is 0 Å². The van der Waals surface area contributed by atoms with Gasteiger partial charge in [-0.15, -0.1) is 0 Å². The van der Waals surface area contributed by atoms with Crippen molar-refractivity contribution in [3.05, 3.63) is 0 Å². The van der Waals surface area contributed by atoms with Crippen LogP contribution in [0, 0.1) is 0 Å². The predicted molar refractivity (Wildman–Crippen MR) is 94.9 cm³/mol. The van der Waals surface area contributed by atoms with Crippen LogP contribution in [0.2, 0.25) is 0 Å². The Morgan fingerprint density at radius 3 is 1.11 bits per heavy atom. The van der Waals surface area contributed by atoms with Gasteiger partial charge in [0.1, 0.15) is 0 Å². The number of hydrogen-bond acceptors (Lipinski definition) is 0. The van der Waals surface area contributed by atoms with E-state index in [1.54, 1.807) is 16.5 Å². The molecule has 0 N–H and O–H groups in total. The van der Waals surface area contributed by atoms with Crippen molar-refractivity contribution in [2.45, 2.75) is 97.3 Å². The van der Waals surface area contributed by atoms with Crippen molar-refractivity contribution in [1.82, 2.24) is 0 Å². The Kier molecular flexibility index (Phi) is 19.7. The summed E-state index contributed by atoms with van der Waals surface area (Å²) in [6.45, 7) is 4.59. The molecule has 0 aliphatic heterocycles. The lowest BCUT2D eigenvalue weighted by molar-refractivity contribution is 0.603. The predicted octanol–water partition coefficient (Wildman–Crippen LogP) is 7.90. The van der Waals surface area contributed by atoms with Crippen LogP contribution in [0.15, 0.2) is 0 Å². The molecule has 19 heavy (non-hydrogen) atoms. The second kappa shape index (κ2) is 18.9. The molecule has 0 rings (SSSR count). The zero-order chi connectivity index (χ0) is 14.0. The summed E-state index contributed by atoms with van der Waals surface area (Å²) in [6.07, 6.45) is 21.7. The van der Waals surface area contributed by atoms with Gasteiger partial charge < -0.3 is 0 Å². The maximum Gasteiger partial charge on any atom is -0.0242 e. The molecule has 114 valence electrons. The monoisotopic (exact) mass is 302 g/mol. The molecular weight excluding hydrogens is 266 g/mol. The molecule has 0 amide bonds. The first-order valence-corrected chi connectivity index (χ1v) is 11.6. The molecule has 0 nitrogen and oxygen atoms in total. The molecule has 0 atom stereocenters. The zero-order valence-electron chi connectivity index (χ0n) is 13.5. The topological polar surface area (TPSA) is 0 Å². The fourth-order valence-corrected chi connectivity index (χ4v) is 4.95. The van der Waals surface area contributed by atoms with Crippen molar-refractivity contribution in [3.63, 3.8) is 0 Å². The molecule has 0 aliphatic rings. The lowest BCUT2D eigenvalue weighted by Crippen LogP contribution is -1.81. The van der Waals surface area contributed by atoms with E-state index in [1.165, 1.54) is 95.8 Å². The van der Waals surface area contributed by atoms with E-state index in [0.717, 1.165) is 0 Å². The number of unbranched alkanes of at least 4 members (excludes halogenated alkanes) is 11. The normalized spacial score (nSPS) is 12.3. The van der Waals surface area contributed by atoms with Crippen molar-refractivity contribution in [2.24, 2.45) is 0 Å². The summed E-state index contributed by atoms with van der Waals surface area (Å²) in [5.74, 6) is 0. The third kappa shape index (κ3) is 18.9. The average molecular weight is 302 g/mol. The van der Waals surface area contributed by atoms with E-state index in [4.69, 9.17) is 0 Å². The van der Waals surface area contributed by atoms with Crippen LogP contribution in [0.5, 0.6) is 0 Å².